The summed E-state index contributed by atoms with van der Waals surface area (Å²) < 4.78 is 0. The molecular weight excluding hydrogens is 270 g/mol. The predicted molar refractivity (Wildman–Crippen MR) is 87.5 cm³/mol. The van der Waals surface area contributed by atoms with Crippen molar-refractivity contribution in [3.63, 3.8) is 0 Å². The highest BCUT2D eigenvalue weighted by Crippen LogP contribution is 2.39. The molecule has 1 heterocycles. The highest BCUT2D eigenvalue weighted by molar-refractivity contribution is 7.99. The van der Waals surface area contributed by atoms with E-state index >= 15 is 0 Å². The van der Waals surface area contributed by atoms with Gasteiger partial charge < -0.3 is 5.32 Å². The topological polar surface area (TPSA) is 12.0 Å². The van der Waals surface area contributed by atoms with Gasteiger partial charge in [0.25, 0.3) is 0 Å². The molecule has 1 aliphatic carbocycles. The average molecular weight is 294 g/mol. The SMILES string of the molecule is CSC1CCC(NCC2CSc3ccccc32)CC1. The molecule has 1 N–H and O–H groups in total. The van der Waals surface area contributed by atoms with Crippen molar-refractivity contribution in [2.45, 2.75) is 47.8 Å². The molecule has 1 atom stereocenters. The van der Waals surface area contributed by atoms with Crippen LogP contribution in [0, 0.1) is 0 Å². The van der Waals surface area contributed by atoms with Gasteiger partial charge in [0.05, 0.1) is 0 Å². The van der Waals surface area contributed by atoms with Gasteiger partial charge in [0.2, 0.25) is 0 Å². The summed E-state index contributed by atoms with van der Waals surface area (Å²) in [6.07, 6.45) is 7.79. The van der Waals surface area contributed by atoms with Gasteiger partial charge in [-0.25, -0.2) is 0 Å². The maximum atomic E-state index is 3.83. The van der Waals surface area contributed by atoms with Gasteiger partial charge in [-0.1, -0.05) is 18.2 Å². The molecule has 2 aliphatic rings. The molecule has 0 spiro atoms. The standard InChI is InChI=1S/C16H23NS2/c1-18-14-8-6-13(7-9-14)17-10-12-11-19-16-5-3-2-4-15(12)16/h2-5,12-14,17H,6-11H2,1H3. The number of nitrogens with one attached hydrogen (secondary N) is 1. The van der Waals surface area contributed by atoms with Crippen LogP contribution in [0.2, 0.25) is 0 Å². The molecule has 3 rings (SSSR count). The van der Waals surface area contributed by atoms with Crippen molar-refractivity contribution >= 4 is 23.5 Å². The van der Waals surface area contributed by atoms with E-state index in [0.29, 0.717) is 0 Å². The van der Waals surface area contributed by atoms with E-state index in [1.807, 2.05) is 11.8 Å². The first-order chi connectivity index (χ1) is 9.36. The molecular formula is C16H23NS2. The van der Waals surface area contributed by atoms with Crippen LogP contribution in [0.4, 0.5) is 0 Å². The van der Waals surface area contributed by atoms with Gasteiger partial charge in [-0.05, 0) is 43.6 Å². The highest BCUT2D eigenvalue weighted by atomic mass is 32.2. The van der Waals surface area contributed by atoms with Crippen molar-refractivity contribution < 1.29 is 0 Å². The van der Waals surface area contributed by atoms with Crippen LogP contribution in [0.1, 0.15) is 37.2 Å². The lowest BCUT2D eigenvalue weighted by Gasteiger charge is -2.29. The summed E-state index contributed by atoms with van der Waals surface area (Å²) in [5.41, 5.74) is 1.57. The van der Waals surface area contributed by atoms with Gasteiger partial charge in [-0.2, -0.15) is 11.8 Å². The molecule has 0 bridgehead atoms. The maximum absolute atomic E-state index is 3.83. The molecule has 104 valence electrons. The fourth-order valence-electron chi connectivity index (χ4n) is 3.21. The summed E-state index contributed by atoms with van der Waals surface area (Å²) in [4.78, 5) is 1.50. The zero-order valence-electron chi connectivity index (χ0n) is 11.6. The number of thioether (sulfide) groups is 2. The van der Waals surface area contributed by atoms with Crippen LogP contribution in [-0.2, 0) is 0 Å². The van der Waals surface area contributed by atoms with Crippen molar-refractivity contribution in [2.24, 2.45) is 0 Å². The minimum atomic E-state index is 0.722. The first kappa shape index (κ1) is 13.8. The summed E-state index contributed by atoms with van der Waals surface area (Å²) in [6, 6.07) is 9.68. The average Bonchev–Trinajstić information content (AvgIpc) is 2.89. The Morgan fingerprint density at radius 1 is 1.21 bits per heavy atom. The van der Waals surface area contributed by atoms with Gasteiger partial charge in [0.1, 0.15) is 0 Å². The molecule has 1 saturated carbocycles. The van der Waals surface area contributed by atoms with Crippen molar-refractivity contribution in [2.75, 3.05) is 18.6 Å². The third-order valence-corrected chi connectivity index (χ3v) is 6.85. The number of benzene rings is 1. The summed E-state index contributed by atoms with van der Waals surface area (Å²) in [6.45, 7) is 1.17. The van der Waals surface area contributed by atoms with Crippen molar-refractivity contribution in [1.29, 1.82) is 0 Å². The first-order valence-electron chi connectivity index (χ1n) is 7.34. The van der Waals surface area contributed by atoms with E-state index in [0.717, 1.165) is 17.2 Å². The first-order valence-corrected chi connectivity index (χ1v) is 9.62. The molecule has 1 unspecified atom stereocenters. The zero-order valence-corrected chi connectivity index (χ0v) is 13.2. The second-order valence-electron chi connectivity index (χ2n) is 5.66. The fraction of sp³-hybridized carbons (Fsp3) is 0.625. The molecule has 1 aromatic rings. The van der Waals surface area contributed by atoms with E-state index in [9.17, 15) is 0 Å². The van der Waals surface area contributed by atoms with Crippen molar-refractivity contribution in [1.82, 2.24) is 5.32 Å². The third kappa shape index (κ3) is 3.32. The van der Waals surface area contributed by atoms with Gasteiger partial charge >= 0.3 is 0 Å². The lowest BCUT2D eigenvalue weighted by molar-refractivity contribution is 0.374. The van der Waals surface area contributed by atoms with E-state index in [2.05, 4.69) is 47.6 Å². The van der Waals surface area contributed by atoms with Gasteiger partial charge in [-0.15, -0.1) is 11.8 Å². The molecule has 1 aliphatic heterocycles. The van der Waals surface area contributed by atoms with E-state index in [1.54, 1.807) is 5.56 Å². The van der Waals surface area contributed by atoms with Crippen molar-refractivity contribution in [3.8, 4) is 0 Å². The van der Waals surface area contributed by atoms with Crippen LogP contribution in [0.25, 0.3) is 0 Å². The number of fused-ring (bicyclic) bond motifs is 1. The Kier molecular flexibility index (Phi) is 4.78. The van der Waals surface area contributed by atoms with Crippen LogP contribution in [-0.4, -0.2) is 29.8 Å². The lowest BCUT2D eigenvalue weighted by Crippen LogP contribution is -2.36. The van der Waals surface area contributed by atoms with Crippen LogP contribution in [0.15, 0.2) is 29.2 Å². The Morgan fingerprint density at radius 3 is 2.79 bits per heavy atom. The van der Waals surface area contributed by atoms with Crippen molar-refractivity contribution in [3.05, 3.63) is 29.8 Å². The fourth-order valence-corrected chi connectivity index (χ4v) is 5.21. The minimum absolute atomic E-state index is 0.722. The maximum Gasteiger partial charge on any atom is 0.0108 e. The Balaban J connectivity index is 1.49. The normalized spacial score (nSPS) is 30.3. The third-order valence-electron chi connectivity index (χ3n) is 4.46. The molecule has 0 amide bonds. The van der Waals surface area contributed by atoms with E-state index in [4.69, 9.17) is 0 Å². The number of hydrogen-bond acceptors (Lipinski definition) is 3. The lowest BCUT2D eigenvalue weighted by atomic mass is 9.94. The predicted octanol–water partition coefficient (Wildman–Crippen LogP) is 4.14. The van der Waals surface area contributed by atoms with Crippen LogP contribution >= 0.6 is 23.5 Å². The minimum Gasteiger partial charge on any atom is -0.313 e. The highest BCUT2D eigenvalue weighted by Gasteiger charge is 2.25. The summed E-state index contributed by atoms with van der Waals surface area (Å²) in [5, 5.41) is 4.74. The summed E-state index contributed by atoms with van der Waals surface area (Å²) in [7, 11) is 0. The monoisotopic (exact) mass is 293 g/mol. The van der Waals surface area contributed by atoms with E-state index in [-0.39, 0.29) is 0 Å². The molecule has 1 aromatic carbocycles. The van der Waals surface area contributed by atoms with E-state index in [1.165, 1.54) is 42.9 Å². The van der Waals surface area contributed by atoms with E-state index < -0.39 is 0 Å². The second kappa shape index (κ2) is 6.55. The number of rotatable bonds is 4. The van der Waals surface area contributed by atoms with Crippen LogP contribution in [0.5, 0.6) is 0 Å². The number of hydrogen-bond donors (Lipinski definition) is 1. The van der Waals surface area contributed by atoms with Gasteiger partial charge in [-0.3, -0.25) is 0 Å². The molecule has 1 fully saturated rings. The zero-order chi connectivity index (χ0) is 13.1. The molecule has 3 heteroatoms. The second-order valence-corrected chi connectivity index (χ2v) is 7.86. The van der Waals surface area contributed by atoms with Crippen LogP contribution < -0.4 is 5.32 Å². The molecule has 19 heavy (non-hydrogen) atoms. The van der Waals surface area contributed by atoms with Crippen LogP contribution in [0.3, 0.4) is 0 Å². The van der Waals surface area contributed by atoms with Gasteiger partial charge in [0.15, 0.2) is 0 Å². The molecule has 0 saturated heterocycles. The Bertz CT molecular complexity index is 413. The molecule has 0 aromatic heterocycles. The summed E-state index contributed by atoms with van der Waals surface area (Å²) >= 11 is 4.07. The van der Waals surface area contributed by atoms with Gasteiger partial charge in [0, 0.05) is 34.4 Å². The Morgan fingerprint density at radius 2 is 2.00 bits per heavy atom. The smallest absolute Gasteiger partial charge is 0.0108 e. The summed E-state index contributed by atoms with van der Waals surface area (Å²) in [5.74, 6) is 1.98. The Labute approximate surface area is 125 Å². The quantitative estimate of drug-likeness (QED) is 0.896. The molecule has 0 radical (unpaired) electrons. The molecule has 1 nitrogen and oxygen atoms in total. The largest absolute Gasteiger partial charge is 0.313 e. The Hall–Kier alpha value is -0.120.